The monoisotopic (exact) mass is 158 g/mol. The minimum Gasteiger partial charge on any atom is -0.396 e. The fourth-order valence-electron chi connectivity index (χ4n) is 1.43. The van der Waals surface area contributed by atoms with Gasteiger partial charge in [-0.15, -0.1) is 0 Å². The van der Waals surface area contributed by atoms with Gasteiger partial charge >= 0.3 is 0 Å². The first-order valence-corrected chi connectivity index (χ1v) is 4.85. The summed E-state index contributed by atoms with van der Waals surface area (Å²) in [5.74, 6) is 1.33. The third-order valence-corrected chi connectivity index (χ3v) is 2.39. The molecule has 1 heteroatoms. The summed E-state index contributed by atoms with van der Waals surface area (Å²) in [7, 11) is 0. The normalized spacial score (nSPS) is 16.4. The average molecular weight is 158 g/mol. The first-order valence-electron chi connectivity index (χ1n) is 4.85. The molecule has 0 aromatic carbocycles. The lowest BCUT2D eigenvalue weighted by Gasteiger charge is -2.16. The predicted octanol–water partition coefficient (Wildman–Crippen LogP) is 2.83. The quantitative estimate of drug-likeness (QED) is 0.630. The Morgan fingerprint density at radius 2 is 1.91 bits per heavy atom. The molecule has 0 radical (unpaired) electrons. The van der Waals surface area contributed by atoms with Crippen LogP contribution in [-0.4, -0.2) is 11.7 Å². The topological polar surface area (TPSA) is 20.2 Å². The van der Waals surface area contributed by atoms with Gasteiger partial charge < -0.3 is 5.11 Å². The van der Waals surface area contributed by atoms with Crippen LogP contribution >= 0.6 is 0 Å². The Balaban J connectivity index is 3.49. The molecule has 2 atom stereocenters. The maximum Gasteiger partial charge on any atom is 0.0459 e. The molecule has 0 aromatic rings. The molecule has 0 amide bonds. The van der Waals surface area contributed by atoms with Gasteiger partial charge in [0.15, 0.2) is 0 Å². The van der Waals surface area contributed by atoms with E-state index in [2.05, 4.69) is 20.8 Å². The Hall–Kier alpha value is -0.0400. The minimum absolute atomic E-state index is 0.373. The van der Waals surface area contributed by atoms with Gasteiger partial charge in [0.2, 0.25) is 0 Å². The Morgan fingerprint density at radius 3 is 2.27 bits per heavy atom. The SMILES string of the molecule is CCCC(CO)CC(C)CC. The van der Waals surface area contributed by atoms with Crippen LogP contribution in [-0.2, 0) is 0 Å². The van der Waals surface area contributed by atoms with Gasteiger partial charge in [-0.05, 0) is 24.7 Å². The molecule has 0 bridgehead atoms. The molecular formula is C10H22O. The van der Waals surface area contributed by atoms with Crippen molar-refractivity contribution in [3.05, 3.63) is 0 Å². The van der Waals surface area contributed by atoms with Crippen LogP contribution in [0.25, 0.3) is 0 Å². The maximum absolute atomic E-state index is 9.00. The van der Waals surface area contributed by atoms with Gasteiger partial charge in [-0.2, -0.15) is 0 Å². The van der Waals surface area contributed by atoms with Gasteiger partial charge in [-0.25, -0.2) is 0 Å². The Bertz CT molecular complexity index is 80.9. The largest absolute Gasteiger partial charge is 0.396 e. The van der Waals surface area contributed by atoms with Crippen LogP contribution in [0.15, 0.2) is 0 Å². The van der Waals surface area contributed by atoms with Crippen molar-refractivity contribution in [1.82, 2.24) is 0 Å². The van der Waals surface area contributed by atoms with Crippen LogP contribution in [0, 0.1) is 11.8 Å². The molecule has 2 unspecified atom stereocenters. The van der Waals surface area contributed by atoms with E-state index in [1.807, 2.05) is 0 Å². The molecule has 0 saturated heterocycles. The van der Waals surface area contributed by atoms with E-state index in [-0.39, 0.29) is 0 Å². The summed E-state index contributed by atoms with van der Waals surface area (Å²) < 4.78 is 0. The molecule has 0 heterocycles. The minimum atomic E-state index is 0.373. The first-order chi connectivity index (χ1) is 5.24. The van der Waals surface area contributed by atoms with E-state index in [1.54, 1.807) is 0 Å². The first kappa shape index (κ1) is 11.0. The van der Waals surface area contributed by atoms with E-state index in [0.29, 0.717) is 12.5 Å². The van der Waals surface area contributed by atoms with Crippen molar-refractivity contribution in [1.29, 1.82) is 0 Å². The number of rotatable bonds is 6. The fourth-order valence-corrected chi connectivity index (χ4v) is 1.43. The molecule has 1 nitrogen and oxygen atoms in total. The molecule has 0 saturated carbocycles. The van der Waals surface area contributed by atoms with Gasteiger partial charge in [-0.1, -0.05) is 33.6 Å². The zero-order valence-corrected chi connectivity index (χ0v) is 8.14. The molecule has 0 rings (SSSR count). The highest BCUT2D eigenvalue weighted by molar-refractivity contribution is 4.61. The molecule has 0 fully saturated rings. The molecule has 0 aliphatic carbocycles. The number of hydrogen-bond acceptors (Lipinski definition) is 1. The molecule has 1 N–H and O–H groups in total. The number of hydrogen-bond donors (Lipinski definition) is 1. The van der Waals surface area contributed by atoms with Crippen molar-refractivity contribution in [2.45, 2.75) is 46.5 Å². The van der Waals surface area contributed by atoms with E-state index in [1.165, 1.54) is 25.7 Å². The lowest BCUT2D eigenvalue weighted by Crippen LogP contribution is -2.09. The molecule has 0 aliphatic heterocycles. The van der Waals surface area contributed by atoms with Crippen LogP contribution in [0.1, 0.15) is 46.5 Å². The Labute approximate surface area is 70.8 Å². The van der Waals surface area contributed by atoms with Gasteiger partial charge in [0, 0.05) is 6.61 Å². The summed E-state index contributed by atoms with van der Waals surface area (Å²) in [5, 5.41) is 9.00. The smallest absolute Gasteiger partial charge is 0.0459 e. The van der Waals surface area contributed by atoms with Gasteiger partial charge in [0.25, 0.3) is 0 Å². The van der Waals surface area contributed by atoms with Gasteiger partial charge in [0.1, 0.15) is 0 Å². The van der Waals surface area contributed by atoms with Crippen LogP contribution in [0.4, 0.5) is 0 Å². The van der Waals surface area contributed by atoms with Crippen molar-refractivity contribution >= 4 is 0 Å². The summed E-state index contributed by atoms with van der Waals surface area (Å²) in [4.78, 5) is 0. The fraction of sp³-hybridized carbons (Fsp3) is 1.00. The second kappa shape index (κ2) is 6.66. The van der Waals surface area contributed by atoms with E-state index < -0.39 is 0 Å². The second-order valence-corrected chi connectivity index (χ2v) is 3.59. The highest BCUT2D eigenvalue weighted by Crippen LogP contribution is 2.18. The highest BCUT2D eigenvalue weighted by atomic mass is 16.3. The van der Waals surface area contributed by atoms with Crippen molar-refractivity contribution in [3.63, 3.8) is 0 Å². The van der Waals surface area contributed by atoms with Gasteiger partial charge in [0.05, 0.1) is 0 Å². The molecule has 0 spiro atoms. The van der Waals surface area contributed by atoms with E-state index >= 15 is 0 Å². The third-order valence-electron chi connectivity index (χ3n) is 2.39. The molecule has 68 valence electrons. The number of aliphatic hydroxyl groups is 1. The summed E-state index contributed by atoms with van der Waals surface area (Å²) >= 11 is 0. The van der Waals surface area contributed by atoms with Crippen LogP contribution in [0.5, 0.6) is 0 Å². The molecule has 0 aromatic heterocycles. The molecule has 0 aliphatic rings. The van der Waals surface area contributed by atoms with Crippen LogP contribution < -0.4 is 0 Å². The van der Waals surface area contributed by atoms with Crippen molar-refractivity contribution in [3.8, 4) is 0 Å². The van der Waals surface area contributed by atoms with Crippen LogP contribution in [0.3, 0.4) is 0 Å². The summed E-state index contributed by atoms with van der Waals surface area (Å²) in [5.41, 5.74) is 0. The highest BCUT2D eigenvalue weighted by Gasteiger charge is 2.09. The van der Waals surface area contributed by atoms with Crippen molar-refractivity contribution in [2.75, 3.05) is 6.61 Å². The second-order valence-electron chi connectivity index (χ2n) is 3.59. The third kappa shape index (κ3) is 5.25. The Morgan fingerprint density at radius 1 is 1.27 bits per heavy atom. The summed E-state index contributed by atoms with van der Waals surface area (Å²) in [6.07, 6.45) is 4.81. The van der Waals surface area contributed by atoms with E-state index in [9.17, 15) is 0 Å². The lowest BCUT2D eigenvalue weighted by molar-refractivity contribution is 0.193. The standard InChI is InChI=1S/C10H22O/c1-4-6-10(8-11)7-9(3)5-2/h9-11H,4-8H2,1-3H3. The average Bonchev–Trinajstić information content (AvgIpc) is 2.03. The summed E-state index contributed by atoms with van der Waals surface area (Å²) in [6.45, 7) is 7.03. The predicted molar refractivity (Wildman–Crippen MR) is 49.6 cm³/mol. The zero-order valence-electron chi connectivity index (χ0n) is 8.14. The van der Waals surface area contributed by atoms with Crippen molar-refractivity contribution in [2.24, 2.45) is 11.8 Å². The lowest BCUT2D eigenvalue weighted by atomic mass is 9.91. The van der Waals surface area contributed by atoms with E-state index in [0.717, 1.165) is 5.92 Å². The Kier molecular flexibility index (Phi) is 6.63. The number of aliphatic hydroxyl groups excluding tert-OH is 1. The van der Waals surface area contributed by atoms with E-state index in [4.69, 9.17) is 5.11 Å². The summed E-state index contributed by atoms with van der Waals surface area (Å²) in [6, 6.07) is 0. The van der Waals surface area contributed by atoms with Crippen LogP contribution in [0.2, 0.25) is 0 Å². The van der Waals surface area contributed by atoms with Crippen molar-refractivity contribution < 1.29 is 5.11 Å². The molecular weight excluding hydrogens is 136 g/mol. The molecule has 11 heavy (non-hydrogen) atoms. The maximum atomic E-state index is 9.00. The van der Waals surface area contributed by atoms with Gasteiger partial charge in [-0.3, -0.25) is 0 Å². The zero-order chi connectivity index (χ0) is 8.69.